The van der Waals surface area contributed by atoms with Crippen LogP contribution in [0.4, 0.5) is 10.1 Å². The molecule has 0 aromatic heterocycles. The summed E-state index contributed by atoms with van der Waals surface area (Å²) in [4.78, 5) is 36.9. The Morgan fingerprint density at radius 3 is 2.56 bits per heavy atom. The van der Waals surface area contributed by atoms with Crippen LogP contribution >= 0.6 is 11.6 Å². The molecule has 0 aliphatic heterocycles. The highest BCUT2D eigenvalue weighted by atomic mass is 35.5. The van der Waals surface area contributed by atoms with Crippen molar-refractivity contribution in [3.8, 4) is 5.75 Å². The molecule has 8 heteroatoms. The molecule has 2 aromatic rings. The Balaban J connectivity index is 1.91. The number of likely N-dealkylation sites (N-methyl/N-ethyl adjacent to an activating group) is 1. The molecule has 0 aliphatic rings. The lowest BCUT2D eigenvalue weighted by atomic mass is 10.1. The number of rotatable bonds is 7. The first-order valence-corrected chi connectivity index (χ1v) is 8.37. The first-order valence-electron chi connectivity index (χ1n) is 7.99. The summed E-state index contributed by atoms with van der Waals surface area (Å²) >= 11 is 5.97. The number of benzene rings is 2. The molecule has 0 bridgehead atoms. The number of ether oxygens (including phenoxy) is 1. The summed E-state index contributed by atoms with van der Waals surface area (Å²) in [6.07, 6.45) is 0. The summed E-state index contributed by atoms with van der Waals surface area (Å²) in [5.41, 5.74) is 0.487. The molecule has 0 fully saturated rings. The third-order valence-corrected chi connectivity index (χ3v) is 3.96. The first kappa shape index (κ1) is 20.4. The molecule has 142 valence electrons. The third-order valence-electron chi connectivity index (χ3n) is 3.63. The molecule has 0 saturated carbocycles. The van der Waals surface area contributed by atoms with Crippen LogP contribution in [-0.4, -0.2) is 42.7 Å². The maximum atomic E-state index is 13.2. The highest BCUT2D eigenvalue weighted by molar-refractivity contribution is 6.33. The summed E-state index contributed by atoms with van der Waals surface area (Å²) in [6, 6.07) is 10.2. The second-order valence-corrected chi connectivity index (χ2v) is 6.17. The highest BCUT2D eigenvalue weighted by Gasteiger charge is 2.16. The fourth-order valence-electron chi connectivity index (χ4n) is 2.21. The van der Waals surface area contributed by atoms with Crippen LogP contribution in [0, 0.1) is 5.82 Å². The summed E-state index contributed by atoms with van der Waals surface area (Å²) in [7, 11) is 1.44. The Kier molecular flexibility index (Phi) is 6.90. The van der Waals surface area contributed by atoms with Gasteiger partial charge in [0.25, 0.3) is 5.91 Å². The van der Waals surface area contributed by atoms with E-state index in [2.05, 4.69) is 5.32 Å². The quantitative estimate of drug-likeness (QED) is 0.734. The Morgan fingerprint density at radius 1 is 1.19 bits per heavy atom. The number of amides is 2. The van der Waals surface area contributed by atoms with Crippen LogP contribution in [0.25, 0.3) is 0 Å². The van der Waals surface area contributed by atoms with Gasteiger partial charge in [-0.05, 0) is 37.3 Å². The molecule has 0 radical (unpaired) electrons. The van der Waals surface area contributed by atoms with E-state index in [1.807, 2.05) is 0 Å². The number of carbonyl (C=O) groups is 3. The van der Waals surface area contributed by atoms with Gasteiger partial charge in [-0.2, -0.15) is 0 Å². The molecule has 0 spiro atoms. The molecule has 2 aromatic carbocycles. The number of anilines is 1. The molecule has 2 amide bonds. The van der Waals surface area contributed by atoms with Gasteiger partial charge in [0.15, 0.2) is 12.4 Å². The molecular weight excluding hydrogens is 375 g/mol. The molecular formula is C19H18ClFN2O4. The minimum atomic E-state index is -0.577. The van der Waals surface area contributed by atoms with Crippen LogP contribution in [0.3, 0.4) is 0 Å². The second kappa shape index (κ2) is 9.14. The van der Waals surface area contributed by atoms with Gasteiger partial charge in [0.1, 0.15) is 11.6 Å². The fraction of sp³-hybridized carbons (Fsp3) is 0.211. The second-order valence-electron chi connectivity index (χ2n) is 5.76. The zero-order chi connectivity index (χ0) is 20.0. The number of ketones is 1. The highest BCUT2D eigenvalue weighted by Crippen LogP contribution is 2.21. The van der Waals surface area contributed by atoms with Gasteiger partial charge in [0.05, 0.1) is 22.8 Å². The van der Waals surface area contributed by atoms with E-state index in [0.29, 0.717) is 10.7 Å². The van der Waals surface area contributed by atoms with E-state index in [9.17, 15) is 18.8 Å². The predicted octanol–water partition coefficient (Wildman–Crippen LogP) is 3.16. The third kappa shape index (κ3) is 5.79. The topological polar surface area (TPSA) is 75.7 Å². The fourth-order valence-corrected chi connectivity index (χ4v) is 2.39. The van der Waals surface area contributed by atoms with E-state index >= 15 is 0 Å². The van der Waals surface area contributed by atoms with Gasteiger partial charge in [0, 0.05) is 7.05 Å². The minimum Gasteiger partial charge on any atom is -0.483 e. The van der Waals surface area contributed by atoms with Crippen LogP contribution in [0.1, 0.15) is 17.3 Å². The summed E-state index contributed by atoms with van der Waals surface area (Å²) in [6.45, 7) is 0.660. The van der Waals surface area contributed by atoms with Crippen molar-refractivity contribution >= 4 is 34.9 Å². The van der Waals surface area contributed by atoms with Crippen LogP contribution in [0.2, 0.25) is 5.02 Å². The summed E-state index contributed by atoms with van der Waals surface area (Å²) < 4.78 is 18.6. The van der Waals surface area contributed by atoms with Crippen molar-refractivity contribution in [2.45, 2.75) is 6.92 Å². The number of halogens is 2. The maximum absolute atomic E-state index is 13.2. The average molecular weight is 393 g/mol. The Labute approximate surface area is 160 Å². The number of carbonyl (C=O) groups excluding carboxylic acids is 3. The van der Waals surface area contributed by atoms with Crippen LogP contribution in [-0.2, 0) is 9.59 Å². The number of nitrogens with one attached hydrogen (secondary N) is 1. The number of nitrogens with zero attached hydrogens (tertiary/aromatic N) is 1. The molecule has 0 atom stereocenters. The van der Waals surface area contributed by atoms with Crippen LogP contribution in [0.15, 0.2) is 42.5 Å². The van der Waals surface area contributed by atoms with E-state index in [0.717, 1.165) is 12.1 Å². The molecule has 0 aliphatic carbocycles. The number of hydrogen-bond acceptors (Lipinski definition) is 4. The smallest absolute Gasteiger partial charge is 0.260 e. The monoisotopic (exact) mass is 392 g/mol. The SMILES string of the molecule is CC(=O)c1cc(F)ccc1OCC(=O)N(C)CC(=O)Nc1ccccc1Cl. The minimum absolute atomic E-state index is 0.0434. The van der Waals surface area contributed by atoms with Gasteiger partial charge in [-0.25, -0.2) is 4.39 Å². The van der Waals surface area contributed by atoms with Crippen LogP contribution < -0.4 is 10.1 Å². The number of Topliss-reactive ketones (excluding diaryl/α,β-unsaturated/α-hetero) is 1. The largest absolute Gasteiger partial charge is 0.483 e. The van der Waals surface area contributed by atoms with Gasteiger partial charge in [0.2, 0.25) is 5.91 Å². The van der Waals surface area contributed by atoms with E-state index in [1.54, 1.807) is 24.3 Å². The molecule has 27 heavy (non-hydrogen) atoms. The Morgan fingerprint density at radius 2 is 1.89 bits per heavy atom. The lowest BCUT2D eigenvalue weighted by Gasteiger charge is -2.18. The molecule has 0 heterocycles. The standard InChI is InChI=1S/C19H18ClFN2O4/c1-12(24)14-9-13(21)7-8-17(14)27-11-19(26)23(2)10-18(25)22-16-6-4-3-5-15(16)20/h3-9H,10-11H2,1-2H3,(H,22,25). The zero-order valence-corrected chi connectivity index (χ0v) is 15.5. The number of para-hydroxylation sites is 1. The number of hydrogen-bond donors (Lipinski definition) is 1. The lowest BCUT2D eigenvalue weighted by Crippen LogP contribution is -2.37. The van der Waals surface area contributed by atoms with Gasteiger partial charge >= 0.3 is 0 Å². The normalized spacial score (nSPS) is 10.2. The Hall–Kier alpha value is -2.93. The molecule has 0 saturated heterocycles. The lowest BCUT2D eigenvalue weighted by molar-refractivity contribution is -0.135. The average Bonchev–Trinajstić information content (AvgIpc) is 2.62. The van der Waals surface area contributed by atoms with Gasteiger partial charge in [-0.3, -0.25) is 14.4 Å². The molecule has 0 unspecified atom stereocenters. The van der Waals surface area contributed by atoms with Crippen molar-refractivity contribution < 1.29 is 23.5 Å². The predicted molar refractivity (Wildman–Crippen MR) is 99.6 cm³/mol. The van der Waals surface area contributed by atoms with E-state index in [1.165, 1.54) is 24.9 Å². The summed E-state index contributed by atoms with van der Waals surface area (Å²) in [5.74, 6) is -1.77. The summed E-state index contributed by atoms with van der Waals surface area (Å²) in [5, 5.41) is 2.99. The van der Waals surface area contributed by atoms with E-state index in [4.69, 9.17) is 16.3 Å². The van der Waals surface area contributed by atoms with E-state index in [-0.39, 0.29) is 23.6 Å². The zero-order valence-electron chi connectivity index (χ0n) is 14.8. The Bertz CT molecular complexity index is 873. The molecule has 1 N–H and O–H groups in total. The van der Waals surface area contributed by atoms with Gasteiger partial charge in [-0.1, -0.05) is 23.7 Å². The molecule has 6 nitrogen and oxygen atoms in total. The van der Waals surface area contributed by atoms with Crippen LogP contribution in [0.5, 0.6) is 5.75 Å². The van der Waals surface area contributed by atoms with Crippen molar-refractivity contribution in [3.05, 3.63) is 58.9 Å². The van der Waals surface area contributed by atoms with E-state index < -0.39 is 24.2 Å². The van der Waals surface area contributed by atoms with Crippen molar-refractivity contribution in [1.82, 2.24) is 4.90 Å². The van der Waals surface area contributed by atoms with Crippen molar-refractivity contribution in [3.63, 3.8) is 0 Å². The van der Waals surface area contributed by atoms with Crippen molar-refractivity contribution in [2.24, 2.45) is 0 Å². The van der Waals surface area contributed by atoms with Gasteiger partial charge in [-0.15, -0.1) is 0 Å². The maximum Gasteiger partial charge on any atom is 0.260 e. The van der Waals surface area contributed by atoms with Gasteiger partial charge < -0.3 is 15.0 Å². The molecule has 2 rings (SSSR count). The van der Waals surface area contributed by atoms with Crippen molar-refractivity contribution in [2.75, 3.05) is 25.5 Å². The van der Waals surface area contributed by atoms with Crippen molar-refractivity contribution in [1.29, 1.82) is 0 Å². The first-order chi connectivity index (χ1) is 12.8.